The molecule has 0 aromatic heterocycles. The van der Waals surface area contributed by atoms with E-state index in [0.29, 0.717) is 0 Å². The van der Waals surface area contributed by atoms with E-state index in [2.05, 4.69) is 0 Å². The normalized spacial score (nSPS) is 1.50. The standard InChI is InChI=1S/3C2H6.2CH3.B.3Y/c3*1-2;;;;;;/h3*1-2H3;2*1H3;;;;/q;;;2*-1;;;;. The Morgan fingerprint density at radius 3 is 0.417 bits per heavy atom. The zero-order chi connectivity index (χ0) is 6.00. The van der Waals surface area contributed by atoms with Crippen LogP contribution in [0.1, 0.15) is 41.5 Å². The molecule has 0 N–H and O–H groups in total. The molecule has 0 amide bonds. The molecule has 0 nitrogen and oxygen atoms in total. The summed E-state index contributed by atoms with van der Waals surface area (Å²) in [6.07, 6.45) is 0. The summed E-state index contributed by atoms with van der Waals surface area (Å²) < 4.78 is 0. The van der Waals surface area contributed by atoms with Crippen molar-refractivity contribution in [2.45, 2.75) is 41.5 Å². The SMILES string of the molecule is CC.CC.CC.[B].[CH3-].[CH3-].[Y].[Y].[Y]. The second kappa shape index (κ2) is 226. The van der Waals surface area contributed by atoms with Gasteiger partial charge in [-0.15, -0.1) is 0 Å². The largest absolute Gasteiger partial charge is 0.358 e. The Morgan fingerprint density at radius 2 is 0.417 bits per heavy atom. The molecule has 70 valence electrons. The van der Waals surface area contributed by atoms with Crippen LogP contribution in [0.3, 0.4) is 0 Å². The molecule has 0 aliphatic heterocycles. The summed E-state index contributed by atoms with van der Waals surface area (Å²) >= 11 is 0. The van der Waals surface area contributed by atoms with Crippen molar-refractivity contribution >= 4 is 8.41 Å². The van der Waals surface area contributed by atoms with Crippen molar-refractivity contribution < 1.29 is 98.1 Å². The summed E-state index contributed by atoms with van der Waals surface area (Å²) in [5.74, 6) is 0. The average Bonchev–Trinajstić information content (AvgIpc) is 1.81. The van der Waals surface area contributed by atoms with Crippen LogP contribution < -0.4 is 0 Å². The van der Waals surface area contributed by atoms with Gasteiger partial charge in [-0.25, -0.2) is 0 Å². The van der Waals surface area contributed by atoms with Crippen molar-refractivity contribution in [1.29, 1.82) is 0 Å². The Labute approximate surface area is 160 Å². The van der Waals surface area contributed by atoms with Gasteiger partial charge in [-0.05, 0) is 0 Å². The zero-order valence-corrected chi connectivity index (χ0v) is 18.8. The smallest absolute Gasteiger partial charge is 0 e. The van der Waals surface area contributed by atoms with Crippen LogP contribution in [0.4, 0.5) is 0 Å². The second-order valence-corrected chi connectivity index (χ2v) is 0. The van der Waals surface area contributed by atoms with Crippen molar-refractivity contribution in [3.8, 4) is 0 Å². The second-order valence-electron chi connectivity index (χ2n) is 0. The molecule has 0 rings (SSSR count). The monoisotopic (exact) mass is 398 g/mol. The molecule has 6 radical (unpaired) electrons. The first kappa shape index (κ1) is 78.2. The Bertz CT molecular complexity index is 14.3. The molecule has 0 saturated carbocycles. The van der Waals surface area contributed by atoms with Crippen molar-refractivity contribution in [3.05, 3.63) is 14.9 Å². The van der Waals surface area contributed by atoms with Gasteiger partial charge in [0, 0.05) is 107 Å². The van der Waals surface area contributed by atoms with Gasteiger partial charge in [0.15, 0.2) is 0 Å². The third-order valence-electron chi connectivity index (χ3n) is 0. The van der Waals surface area contributed by atoms with Gasteiger partial charge in [-0.1, -0.05) is 41.5 Å². The Morgan fingerprint density at radius 1 is 0.417 bits per heavy atom. The molecule has 12 heavy (non-hydrogen) atoms. The van der Waals surface area contributed by atoms with E-state index in [1.54, 1.807) is 0 Å². The van der Waals surface area contributed by atoms with E-state index in [-0.39, 0.29) is 121 Å². The molecular weight excluding hydrogens is 374 g/mol. The van der Waals surface area contributed by atoms with E-state index in [1.165, 1.54) is 0 Å². The Hall–Kier alpha value is 3.38. The van der Waals surface area contributed by atoms with Gasteiger partial charge in [-0.2, -0.15) is 0 Å². The number of hydrogen-bond donors (Lipinski definition) is 0. The molecule has 0 fully saturated rings. The van der Waals surface area contributed by atoms with Crippen LogP contribution in [-0.2, 0) is 98.1 Å². The van der Waals surface area contributed by atoms with E-state index >= 15 is 0 Å². The molecule has 4 heteroatoms. The molecule has 0 atom stereocenters. The van der Waals surface area contributed by atoms with Crippen LogP contribution >= 0.6 is 0 Å². The van der Waals surface area contributed by atoms with Gasteiger partial charge in [0.1, 0.15) is 0 Å². The van der Waals surface area contributed by atoms with E-state index < -0.39 is 0 Å². The first-order valence-electron chi connectivity index (χ1n) is 3.00. The third kappa shape index (κ3) is 180. The molecule has 0 saturated heterocycles. The van der Waals surface area contributed by atoms with E-state index in [9.17, 15) is 0 Å². The molecule has 0 spiro atoms. The van der Waals surface area contributed by atoms with Gasteiger partial charge in [-0.3, -0.25) is 0 Å². The summed E-state index contributed by atoms with van der Waals surface area (Å²) in [4.78, 5) is 0. The van der Waals surface area contributed by atoms with E-state index in [0.717, 1.165) is 0 Å². The predicted molar refractivity (Wildman–Crippen MR) is 52.6 cm³/mol. The maximum absolute atomic E-state index is 2.00. The minimum atomic E-state index is 0. The summed E-state index contributed by atoms with van der Waals surface area (Å²) in [5, 5.41) is 0. The molecule has 0 aliphatic rings. The summed E-state index contributed by atoms with van der Waals surface area (Å²) in [5.41, 5.74) is 0. The molecule has 0 aromatic rings. The van der Waals surface area contributed by atoms with Gasteiger partial charge in [0.25, 0.3) is 0 Å². The molecule has 0 aliphatic carbocycles. The summed E-state index contributed by atoms with van der Waals surface area (Å²) in [7, 11) is 0. The minimum Gasteiger partial charge on any atom is -0.358 e. The van der Waals surface area contributed by atoms with Crippen LogP contribution in [0.25, 0.3) is 0 Å². The van der Waals surface area contributed by atoms with Crippen LogP contribution in [0.15, 0.2) is 0 Å². The van der Waals surface area contributed by atoms with Gasteiger partial charge >= 0.3 is 0 Å². The van der Waals surface area contributed by atoms with Crippen LogP contribution in [-0.4, -0.2) is 8.41 Å². The summed E-state index contributed by atoms with van der Waals surface area (Å²) in [6, 6.07) is 0. The van der Waals surface area contributed by atoms with E-state index in [1.807, 2.05) is 41.5 Å². The molecule has 0 heterocycles. The molecule has 0 bridgehead atoms. The van der Waals surface area contributed by atoms with Crippen LogP contribution in [0.5, 0.6) is 0 Å². The number of hydrogen-bond acceptors (Lipinski definition) is 0. The van der Waals surface area contributed by atoms with Crippen LogP contribution in [0, 0.1) is 14.9 Å². The molecule has 0 unspecified atom stereocenters. The van der Waals surface area contributed by atoms with Crippen molar-refractivity contribution in [1.82, 2.24) is 0 Å². The van der Waals surface area contributed by atoms with Crippen LogP contribution in [0.2, 0.25) is 0 Å². The van der Waals surface area contributed by atoms with Crippen molar-refractivity contribution in [2.24, 2.45) is 0 Å². The minimum absolute atomic E-state index is 0. The topological polar surface area (TPSA) is 0 Å². The zero-order valence-electron chi connectivity index (χ0n) is 10.3. The quantitative estimate of drug-likeness (QED) is 0.433. The van der Waals surface area contributed by atoms with Gasteiger partial charge in [0.2, 0.25) is 0 Å². The molecular formula is C8H24BY3-2. The average molecular weight is 398 g/mol. The van der Waals surface area contributed by atoms with Gasteiger partial charge in [0.05, 0.1) is 0 Å². The maximum Gasteiger partial charge on any atom is 0 e. The fourth-order valence-electron chi connectivity index (χ4n) is 0. The Kier molecular flexibility index (Phi) is 1470. The van der Waals surface area contributed by atoms with Crippen molar-refractivity contribution in [2.75, 3.05) is 0 Å². The third-order valence-corrected chi connectivity index (χ3v) is 0. The van der Waals surface area contributed by atoms with E-state index in [4.69, 9.17) is 0 Å². The molecule has 0 aromatic carbocycles. The van der Waals surface area contributed by atoms with Crippen molar-refractivity contribution in [3.63, 3.8) is 0 Å². The maximum atomic E-state index is 2.00. The van der Waals surface area contributed by atoms with Gasteiger partial charge < -0.3 is 14.9 Å². The fourth-order valence-corrected chi connectivity index (χ4v) is 0. The predicted octanol–water partition coefficient (Wildman–Crippen LogP) is 3.59. The fraction of sp³-hybridized carbons (Fsp3) is 0.750. The first-order chi connectivity index (χ1) is 3.00. The summed E-state index contributed by atoms with van der Waals surface area (Å²) in [6.45, 7) is 12.0. The first-order valence-corrected chi connectivity index (χ1v) is 3.00. The number of rotatable bonds is 0. The Balaban J connectivity index is -0.00000000129.